The van der Waals surface area contributed by atoms with E-state index < -0.39 is 21.2 Å². The average molecular weight is 573 g/mol. The fraction of sp³-hybridized carbons (Fsp3) is 0.0714. The molecule has 200 valence electrons. The maximum absolute atomic E-state index is 13.2. The lowest BCUT2D eigenvalue weighted by atomic mass is 10.2. The highest BCUT2D eigenvalue weighted by atomic mass is 32.2. The molecule has 12 heteroatoms. The smallest absolute Gasteiger partial charge is 0.318 e. The molecule has 3 aromatic carbocycles. The Labute approximate surface area is 237 Å². The Balaban J connectivity index is 1.39. The molecule has 0 N–H and O–H groups in total. The lowest BCUT2D eigenvalue weighted by molar-refractivity contribution is -0.394. The Hall–Kier alpha value is -4.81. The largest absolute Gasteiger partial charge is 0.450 e. The van der Waals surface area contributed by atoms with Gasteiger partial charge in [-0.05, 0) is 74.0 Å². The van der Waals surface area contributed by atoms with Crippen molar-refractivity contribution in [1.82, 2.24) is 4.57 Å². The number of thiocarbonyl (C=S) groups is 1. The zero-order valence-electron chi connectivity index (χ0n) is 21.1. The van der Waals surface area contributed by atoms with Gasteiger partial charge in [0.15, 0.2) is 4.32 Å². The van der Waals surface area contributed by atoms with Gasteiger partial charge in [0, 0.05) is 23.1 Å². The van der Waals surface area contributed by atoms with Gasteiger partial charge in [-0.1, -0.05) is 42.2 Å². The molecule has 0 spiro atoms. The Morgan fingerprint density at radius 3 is 2.25 bits per heavy atom. The maximum atomic E-state index is 13.2. The highest BCUT2D eigenvalue weighted by Gasteiger charge is 2.33. The van der Waals surface area contributed by atoms with Gasteiger partial charge < -0.3 is 9.30 Å². The normalized spacial score (nSPS) is 14.2. The van der Waals surface area contributed by atoms with Crippen LogP contribution in [0.3, 0.4) is 0 Å². The number of nitro benzene ring substituents is 2. The zero-order chi connectivity index (χ0) is 28.6. The van der Waals surface area contributed by atoms with Gasteiger partial charge in [0.2, 0.25) is 5.75 Å². The molecule has 0 unspecified atom stereocenters. The van der Waals surface area contributed by atoms with Gasteiger partial charge in [-0.3, -0.25) is 29.9 Å². The SMILES string of the molecule is Cc1cc(/C=C2/SC(=S)N(c3ccccc3)C2=O)c(C)n1-c1ccc(Oc2ccc([N+](=O)[O-])cc2[N+](=O)[O-])cc1. The minimum Gasteiger partial charge on any atom is -0.450 e. The zero-order valence-corrected chi connectivity index (χ0v) is 22.8. The van der Waals surface area contributed by atoms with Gasteiger partial charge in [-0.2, -0.15) is 0 Å². The number of hydrogen-bond donors (Lipinski definition) is 0. The number of carbonyl (C=O) groups excluding carboxylic acids is 1. The molecule has 1 saturated heterocycles. The van der Waals surface area contributed by atoms with Gasteiger partial charge in [-0.15, -0.1) is 0 Å². The number of hydrogen-bond acceptors (Lipinski definition) is 8. The summed E-state index contributed by atoms with van der Waals surface area (Å²) in [5, 5.41) is 22.4. The maximum Gasteiger partial charge on any atom is 0.318 e. The quantitative estimate of drug-likeness (QED) is 0.0994. The molecular formula is C28H20N4O6S2. The van der Waals surface area contributed by atoms with Crippen LogP contribution in [0, 0.1) is 34.1 Å². The van der Waals surface area contributed by atoms with Crippen molar-refractivity contribution in [3.63, 3.8) is 0 Å². The third-order valence-electron chi connectivity index (χ3n) is 6.24. The standard InChI is InChI=1S/C28H20N4O6S2/c1-17-14-19(15-26-27(33)30(28(39)40-26)20-6-4-3-5-7-20)18(2)29(17)21-8-11-23(12-9-21)38-25-13-10-22(31(34)35)16-24(25)32(36)37/h3-16H,1-2H3/b26-15+. The number of nitro groups is 2. The summed E-state index contributed by atoms with van der Waals surface area (Å²) in [5.74, 6) is 0.0487. The van der Waals surface area contributed by atoms with Crippen molar-refractivity contribution in [2.45, 2.75) is 13.8 Å². The van der Waals surface area contributed by atoms with E-state index in [1.54, 1.807) is 24.3 Å². The number of aromatic nitrogens is 1. The van der Waals surface area contributed by atoms with E-state index in [4.69, 9.17) is 17.0 Å². The van der Waals surface area contributed by atoms with Crippen molar-refractivity contribution in [2.24, 2.45) is 0 Å². The second kappa shape index (κ2) is 10.8. The highest BCUT2D eigenvalue weighted by Crippen LogP contribution is 2.38. The van der Waals surface area contributed by atoms with Crippen molar-refractivity contribution >= 4 is 57.3 Å². The number of non-ortho nitro benzene ring substituents is 1. The molecule has 5 rings (SSSR count). The lowest BCUT2D eigenvalue weighted by Crippen LogP contribution is -2.27. The first-order chi connectivity index (χ1) is 19.1. The fourth-order valence-electron chi connectivity index (χ4n) is 4.38. The van der Waals surface area contributed by atoms with E-state index in [-0.39, 0.29) is 11.7 Å². The Morgan fingerprint density at radius 1 is 0.900 bits per heavy atom. The Kier molecular flexibility index (Phi) is 7.20. The lowest BCUT2D eigenvalue weighted by Gasteiger charge is -2.13. The third kappa shape index (κ3) is 5.09. The molecule has 4 aromatic rings. The molecule has 10 nitrogen and oxygen atoms in total. The van der Waals surface area contributed by atoms with Crippen LogP contribution in [0.1, 0.15) is 17.0 Å². The summed E-state index contributed by atoms with van der Waals surface area (Å²) in [6.07, 6.45) is 1.84. The van der Waals surface area contributed by atoms with E-state index in [0.29, 0.717) is 15.0 Å². The second-order valence-corrected chi connectivity index (χ2v) is 10.5. The number of anilines is 1. The van der Waals surface area contributed by atoms with E-state index in [0.717, 1.165) is 40.5 Å². The fourth-order valence-corrected chi connectivity index (χ4v) is 5.67. The van der Waals surface area contributed by atoms with Crippen molar-refractivity contribution < 1.29 is 19.4 Å². The predicted octanol–water partition coefficient (Wildman–Crippen LogP) is 7.11. The molecule has 0 bridgehead atoms. The van der Waals surface area contributed by atoms with E-state index >= 15 is 0 Å². The summed E-state index contributed by atoms with van der Waals surface area (Å²) in [5.41, 5.74) is 3.35. The molecule has 0 atom stereocenters. The van der Waals surface area contributed by atoms with E-state index in [1.165, 1.54) is 22.7 Å². The minimum absolute atomic E-state index is 0.105. The van der Waals surface area contributed by atoms with Crippen LogP contribution in [0.25, 0.3) is 11.8 Å². The summed E-state index contributed by atoms with van der Waals surface area (Å²) in [4.78, 5) is 36.2. The molecule has 1 fully saturated rings. The number of nitrogens with zero attached hydrogens (tertiary/aromatic N) is 4. The summed E-state index contributed by atoms with van der Waals surface area (Å²) in [7, 11) is 0. The van der Waals surface area contributed by atoms with Gasteiger partial charge >= 0.3 is 5.69 Å². The van der Waals surface area contributed by atoms with Crippen LogP contribution in [-0.4, -0.2) is 24.6 Å². The molecule has 40 heavy (non-hydrogen) atoms. The Bertz CT molecular complexity index is 1710. The number of amides is 1. The van der Waals surface area contributed by atoms with Crippen LogP contribution in [0.15, 0.2) is 83.8 Å². The summed E-state index contributed by atoms with van der Waals surface area (Å²) in [6.45, 7) is 3.89. The van der Waals surface area contributed by atoms with Crippen LogP contribution in [0.2, 0.25) is 0 Å². The average Bonchev–Trinajstić information content (AvgIpc) is 3.37. The number of benzene rings is 3. The van der Waals surface area contributed by atoms with Crippen LogP contribution in [0.4, 0.5) is 17.1 Å². The molecule has 1 aliphatic rings. The molecule has 0 radical (unpaired) electrons. The molecule has 0 aliphatic carbocycles. The monoisotopic (exact) mass is 572 g/mol. The van der Waals surface area contributed by atoms with E-state index in [2.05, 4.69) is 0 Å². The first-order valence-corrected chi connectivity index (χ1v) is 13.1. The van der Waals surface area contributed by atoms with Gasteiger partial charge in [0.05, 0.1) is 26.5 Å². The van der Waals surface area contributed by atoms with Crippen LogP contribution < -0.4 is 9.64 Å². The number of ether oxygens (including phenoxy) is 1. The number of carbonyl (C=O) groups is 1. The topological polar surface area (TPSA) is 121 Å². The van der Waals surface area contributed by atoms with E-state index in [1.807, 2.05) is 60.9 Å². The molecule has 2 heterocycles. The van der Waals surface area contributed by atoms with Crippen LogP contribution >= 0.6 is 24.0 Å². The highest BCUT2D eigenvalue weighted by molar-refractivity contribution is 8.27. The second-order valence-electron chi connectivity index (χ2n) is 8.78. The summed E-state index contributed by atoms with van der Waals surface area (Å²) >= 11 is 6.73. The molecule has 1 aromatic heterocycles. The number of aryl methyl sites for hydroxylation is 1. The molecule has 0 saturated carbocycles. The van der Waals surface area contributed by atoms with Crippen molar-refractivity contribution in [3.05, 3.63) is 121 Å². The first-order valence-electron chi connectivity index (χ1n) is 11.9. The van der Waals surface area contributed by atoms with Gasteiger partial charge in [-0.25, -0.2) is 0 Å². The molecule has 1 amide bonds. The van der Waals surface area contributed by atoms with Crippen LogP contribution in [-0.2, 0) is 4.79 Å². The van der Waals surface area contributed by atoms with E-state index in [9.17, 15) is 25.0 Å². The summed E-state index contributed by atoms with van der Waals surface area (Å²) < 4.78 is 8.17. The van der Waals surface area contributed by atoms with Gasteiger partial charge in [0.25, 0.3) is 11.6 Å². The van der Waals surface area contributed by atoms with Crippen molar-refractivity contribution in [1.29, 1.82) is 0 Å². The third-order valence-corrected chi connectivity index (χ3v) is 7.54. The van der Waals surface area contributed by atoms with Crippen molar-refractivity contribution in [2.75, 3.05) is 4.90 Å². The first kappa shape index (κ1) is 26.8. The molecular weight excluding hydrogens is 552 g/mol. The van der Waals surface area contributed by atoms with Gasteiger partial charge in [0.1, 0.15) is 5.75 Å². The Morgan fingerprint density at radius 2 is 1.60 bits per heavy atom. The van der Waals surface area contributed by atoms with Crippen LogP contribution in [0.5, 0.6) is 11.5 Å². The van der Waals surface area contributed by atoms with Crippen molar-refractivity contribution in [3.8, 4) is 17.2 Å². The predicted molar refractivity (Wildman–Crippen MR) is 157 cm³/mol. The number of rotatable bonds is 7. The minimum atomic E-state index is -0.724. The molecule has 1 aliphatic heterocycles. The summed E-state index contributed by atoms with van der Waals surface area (Å²) in [6, 6.07) is 21.4. The number of thioether (sulfide) groups is 1. The number of para-hydroxylation sites is 1.